The first-order chi connectivity index (χ1) is 27.0. The number of thioether (sulfide) groups is 1. The molecule has 2 aromatic rings. The Morgan fingerprint density at radius 3 is 2.28 bits per heavy atom. The maximum absolute atomic E-state index is 14.8. The van der Waals surface area contributed by atoms with E-state index in [0.717, 1.165) is 32.1 Å². The zero-order chi connectivity index (χ0) is 41.1. The molecular weight excluding hydrogens is 775 g/mol. The number of sulfonamides is 1. The van der Waals surface area contributed by atoms with E-state index in [-0.39, 0.29) is 54.3 Å². The monoisotopic (exact) mass is 827 g/mol. The standard InChI is InChI=1S/C38H53N9O8S2/c1-37(2,53)31-23-40-43-47(31)27-22-30(35(51)42-38(32(48)33(39)49)13-19-56-20-14-38)46(24-27)36(52)29(21-25-7-5-4-6-8-25)41-34(50)26-9-11-28(12-10-26)57(54,55)45-17-15-44(3)16-18-45/h9-12,23,25,27,30,53H,4-8,13-22,24H2,1-3H3,(H2,39,49)(H,42,51)/t27-,30-/m0/s1. The van der Waals surface area contributed by atoms with Crippen molar-refractivity contribution in [3.63, 3.8) is 0 Å². The molecule has 0 spiro atoms. The Bertz CT molecular complexity index is 1980. The zero-order valence-electron chi connectivity index (χ0n) is 32.8. The molecule has 4 amide bonds. The van der Waals surface area contributed by atoms with Gasteiger partial charge in [-0.3, -0.25) is 24.0 Å². The molecule has 1 aromatic carbocycles. The van der Waals surface area contributed by atoms with Gasteiger partial charge in [-0.25, -0.2) is 18.1 Å². The largest absolute Gasteiger partial charge is 0.384 e. The van der Waals surface area contributed by atoms with Crippen LogP contribution in [-0.2, 0) is 34.8 Å². The van der Waals surface area contributed by atoms with Crippen LogP contribution in [0.2, 0.25) is 0 Å². The maximum atomic E-state index is 14.8. The first-order valence-corrected chi connectivity index (χ1v) is 22.2. The van der Waals surface area contributed by atoms with Crippen molar-refractivity contribution in [2.45, 2.75) is 99.8 Å². The highest BCUT2D eigenvalue weighted by Gasteiger charge is 2.49. The highest BCUT2D eigenvalue weighted by Crippen LogP contribution is 2.35. The molecule has 4 aliphatic rings. The van der Waals surface area contributed by atoms with E-state index in [2.05, 4.69) is 20.6 Å². The summed E-state index contributed by atoms with van der Waals surface area (Å²) in [6.45, 7) is 4.99. The number of carbonyl (C=O) groups is 5. The van der Waals surface area contributed by atoms with Crippen LogP contribution >= 0.6 is 11.8 Å². The van der Waals surface area contributed by atoms with E-state index in [9.17, 15) is 37.5 Å². The first-order valence-electron chi connectivity index (χ1n) is 19.6. The van der Waals surface area contributed by atoms with Gasteiger partial charge in [-0.1, -0.05) is 37.3 Å². The highest BCUT2D eigenvalue weighted by atomic mass is 32.2. The van der Waals surface area contributed by atoms with Gasteiger partial charge in [0.15, 0.2) is 0 Å². The van der Waals surface area contributed by atoms with Crippen LogP contribution in [-0.4, -0.2) is 141 Å². The number of hydrogen-bond acceptors (Lipinski definition) is 12. The van der Waals surface area contributed by atoms with E-state index in [1.807, 2.05) is 11.9 Å². The molecule has 1 aromatic heterocycles. The molecule has 310 valence electrons. The number of aliphatic hydroxyl groups is 1. The molecule has 17 nitrogen and oxygen atoms in total. The molecule has 57 heavy (non-hydrogen) atoms. The number of nitrogens with two attached hydrogens (primary N) is 1. The second-order valence-corrected chi connectivity index (χ2v) is 19.3. The minimum absolute atomic E-state index is 0.0213. The summed E-state index contributed by atoms with van der Waals surface area (Å²) in [4.78, 5) is 76.3. The Kier molecular flexibility index (Phi) is 13.0. The summed E-state index contributed by atoms with van der Waals surface area (Å²) in [5.74, 6) is -3.05. The van der Waals surface area contributed by atoms with Crippen molar-refractivity contribution in [2.75, 3.05) is 51.3 Å². The molecule has 4 heterocycles. The number of likely N-dealkylation sites (tertiary alicyclic amines) is 1. The molecule has 4 fully saturated rings. The van der Waals surface area contributed by atoms with E-state index in [1.165, 1.54) is 44.3 Å². The molecule has 0 radical (unpaired) electrons. The van der Waals surface area contributed by atoms with Crippen molar-refractivity contribution in [1.29, 1.82) is 0 Å². The van der Waals surface area contributed by atoms with E-state index in [1.54, 1.807) is 25.6 Å². The Morgan fingerprint density at radius 1 is 1.02 bits per heavy atom. The smallest absolute Gasteiger partial charge is 0.287 e. The molecule has 1 aliphatic carbocycles. The van der Waals surface area contributed by atoms with Crippen molar-refractivity contribution < 1.29 is 37.5 Å². The predicted molar refractivity (Wildman–Crippen MR) is 212 cm³/mol. The molecule has 1 saturated carbocycles. The summed E-state index contributed by atoms with van der Waals surface area (Å²) in [7, 11) is -1.85. The fourth-order valence-corrected chi connectivity index (χ4v) is 10.9. The summed E-state index contributed by atoms with van der Waals surface area (Å²) in [6, 6.07) is 3.70. The van der Waals surface area contributed by atoms with E-state index in [0.29, 0.717) is 43.4 Å². The van der Waals surface area contributed by atoms with Crippen LogP contribution in [0.15, 0.2) is 40.4 Å². The van der Waals surface area contributed by atoms with Crippen LogP contribution in [0.1, 0.15) is 93.7 Å². The van der Waals surface area contributed by atoms with Gasteiger partial charge in [0.2, 0.25) is 21.7 Å². The van der Waals surface area contributed by atoms with Crippen molar-refractivity contribution >= 4 is 56.9 Å². The zero-order valence-corrected chi connectivity index (χ0v) is 34.4. The number of nitrogens with zero attached hydrogens (tertiary/aromatic N) is 7. The lowest BCUT2D eigenvalue weighted by molar-refractivity contribution is -0.143. The number of nitrogens with one attached hydrogen (secondary N) is 1. The molecule has 0 unspecified atom stereocenters. The first kappa shape index (κ1) is 42.6. The minimum atomic E-state index is -3.79. The van der Waals surface area contributed by atoms with Gasteiger partial charge in [0.1, 0.15) is 22.9 Å². The third-order valence-corrected chi connectivity index (χ3v) is 14.5. The molecule has 3 saturated heterocycles. The van der Waals surface area contributed by atoms with Crippen molar-refractivity contribution in [2.24, 2.45) is 16.6 Å². The number of aromatic nitrogens is 3. The van der Waals surface area contributed by atoms with Crippen molar-refractivity contribution in [3.05, 3.63) is 41.7 Å². The summed E-state index contributed by atoms with van der Waals surface area (Å²) in [5, 5.41) is 21.9. The topological polar surface area (TPSA) is 231 Å². The fourth-order valence-electron chi connectivity index (χ4n) is 8.24. The molecule has 6 rings (SSSR count). The number of likely N-dealkylation sites (N-methyl/N-ethyl adjacent to an activating group) is 1. The average molecular weight is 828 g/mol. The third-order valence-electron chi connectivity index (χ3n) is 11.6. The summed E-state index contributed by atoms with van der Waals surface area (Å²) < 4.78 is 29.6. The Balaban J connectivity index is 1.33. The number of Topliss-reactive ketones (excluding diaryl/α,β-unsaturated/α-hetero) is 1. The number of hydrogen-bond donors (Lipinski definition) is 3. The Morgan fingerprint density at radius 2 is 1.67 bits per heavy atom. The summed E-state index contributed by atoms with van der Waals surface area (Å²) >= 11 is 1.58. The van der Waals surface area contributed by atoms with Crippen LogP contribution < -0.4 is 11.1 Å². The predicted octanol–water partition coefficient (Wildman–Crippen LogP) is 1.27. The number of piperazine rings is 1. The van der Waals surface area contributed by atoms with Crippen LogP contribution in [0.25, 0.3) is 0 Å². The van der Waals surface area contributed by atoms with Crippen molar-refractivity contribution in [1.82, 2.24) is 34.4 Å². The van der Waals surface area contributed by atoms with E-state index >= 15 is 0 Å². The van der Waals surface area contributed by atoms with Gasteiger partial charge in [-0.15, -0.1) is 5.10 Å². The second-order valence-electron chi connectivity index (χ2n) is 16.2. The molecular formula is C38H53N9O8S2. The van der Waals surface area contributed by atoms with Gasteiger partial charge in [-0.2, -0.15) is 16.1 Å². The van der Waals surface area contributed by atoms with Crippen molar-refractivity contribution in [3.8, 4) is 0 Å². The fraction of sp³-hybridized carbons (Fsp3) is 0.632. The van der Waals surface area contributed by atoms with Gasteiger partial charge in [0.25, 0.3) is 17.7 Å². The lowest BCUT2D eigenvalue weighted by atomic mass is 9.85. The van der Waals surface area contributed by atoms with Crippen LogP contribution in [0, 0.1) is 5.92 Å². The lowest BCUT2D eigenvalue weighted by Gasteiger charge is -2.37. The quantitative estimate of drug-likeness (QED) is 0.203. The van der Waals surface area contributed by atoms with Gasteiger partial charge in [-0.05, 0) is 81.8 Å². The number of ketones is 1. The average Bonchev–Trinajstić information content (AvgIpc) is 3.87. The molecule has 0 bridgehead atoms. The number of aliphatic imine (C=N–C) groups is 1. The maximum Gasteiger partial charge on any atom is 0.287 e. The molecule has 3 aliphatic heterocycles. The normalized spacial score (nSPS) is 22.9. The van der Waals surface area contributed by atoms with Gasteiger partial charge in [0, 0.05) is 44.7 Å². The van der Waals surface area contributed by atoms with Crippen LogP contribution in [0.5, 0.6) is 0 Å². The van der Waals surface area contributed by atoms with Crippen LogP contribution in [0.3, 0.4) is 0 Å². The third kappa shape index (κ3) is 9.48. The Labute approximate surface area is 337 Å². The lowest BCUT2D eigenvalue weighted by Crippen LogP contribution is -2.63. The number of rotatable bonds is 12. The van der Waals surface area contributed by atoms with E-state index in [4.69, 9.17) is 5.73 Å². The summed E-state index contributed by atoms with van der Waals surface area (Å²) in [6.07, 6.45) is 6.60. The minimum Gasteiger partial charge on any atom is -0.384 e. The van der Waals surface area contributed by atoms with Gasteiger partial charge < -0.3 is 26.0 Å². The van der Waals surface area contributed by atoms with Gasteiger partial charge >= 0.3 is 0 Å². The Hall–Kier alpha value is -4.04. The molecule has 2 atom stereocenters. The summed E-state index contributed by atoms with van der Waals surface area (Å²) in [5.41, 5.74) is 2.96. The molecule has 19 heteroatoms. The number of carbonyl (C=O) groups excluding carboxylic acids is 5. The van der Waals surface area contributed by atoms with Gasteiger partial charge in [0.05, 0.1) is 22.8 Å². The van der Waals surface area contributed by atoms with E-state index < -0.39 is 62.7 Å². The number of benzene rings is 1. The van der Waals surface area contributed by atoms with Crippen LogP contribution in [0.4, 0.5) is 0 Å². The second kappa shape index (κ2) is 17.4. The molecule has 4 N–H and O–H groups in total. The number of primary amides is 1. The SMILES string of the molecule is CN1CCN(S(=O)(=O)c2ccc(C(=O)N=C(CC3CCCCC3)C(=O)N3C[C@@H](n4nncc4C(C)(C)O)C[C@H]3C(=O)NC3(C(=O)C(N)=O)CCSCC3)cc2)CC1. The number of amides is 4. The highest BCUT2D eigenvalue weighted by molar-refractivity contribution is 7.99.